The molecule has 126 valence electrons. The van der Waals surface area contributed by atoms with Crippen molar-refractivity contribution in [3.63, 3.8) is 0 Å². The van der Waals surface area contributed by atoms with Crippen molar-refractivity contribution in [3.05, 3.63) is 72.2 Å². The molecule has 0 aliphatic carbocycles. The summed E-state index contributed by atoms with van der Waals surface area (Å²) in [4.78, 5) is 20.2. The lowest BCUT2D eigenvalue weighted by Gasteiger charge is -2.11. The van der Waals surface area contributed by atoms with E-state index in [4.69, 9.17) is 0 Å². The SMILES string of the molecule is CC(=O)c1cc(-c2cccc(C(F)(F)F)c2)cnc1-c1ccncc1. The van der Waals surface area contributed by atoms with Crippen molar-refractivity contribution in [3.8, 4) is 22.4 Å². The molecular formula is C19H13F3N2O. The number of halogens is 3. The highest BCUT2D eigenvalue weighted by Crippen LogP contribution is 2.33. The Morgan fingerprint density at radius 1 is 0.960 bits per heavy atom. The number of hydrogen-bond acceptors (Lipinski definition) is 3. The number of rotatable bonds is 3. The van der Waals surface area contributed by atoms with E-state index >= 15 is 0 Å². The van der Waals surface area contributed by atoms with Crippen LogP contribution < -0.4 is 0 Å². The lowest BCUT2D eigenvalue weighted by molar-refractivity contribution is -0.137. The van der Waals surface area contributed by atoms with Gasteiger partial charge in [0, 0.05) is 35.3 Å². The van der Waals surface area contributed by atoms with E-state index in [0.29, 0.717) is 22.4 Å². The number of benzene rings is 1. The highest BCUT2D eigenvalue weighted by molar-refractivity contribution is 6.00. The number of ketones is 1. The van der Waals surface area contributed by atoms with E-state index in [1.807, 2.05) is 0 Å². The topological polar surface area (TPSA) is 42.9 Å². The third kappa shape index (κ3) is 3.57. The first kappa shape index (κ1) is 16.8. The Kier molecular flexibility index (Phi) is 4.35. The fourth-order valence-electron chi connectivity index (χ4n) is 2.51. The van der Waals surface area contributed by atoms with Crippen LogP contribution in [0, 0.1) is 0 Å². The number of carbonyl (C=O) groups excluding carboxylic acids is 1. The molecule has 0 spiro atoms. The smallest absolute Gasteiger partial charge is 0.294 e. The van der Waals surface area contributed by atoms with E-state index in [1.54, 1.807) is 36.7 Å². The van der Waals surface area contributed by atoms with Gasteiger partial charge < -0.3 is 0 Å². The summed E-state index contributed by atoms with van der Waals surface area (Å²) in [6.07, 6.45) is 0.213. The Bertz CT molecular complexity index is 921. The van der Waals surface area contributed by atoms with Crippen LogP contribution in [0.5, 0.6) is 0 Å². The van der Waals surface area contributed by atoms with Crippen molar-refractivity contribution >= 4 is 5.78 Å². The highest BCUT2D eigenvalue weighted by Gasteiger charge is 2.30. The first-order valence-corrected chi connectivity index (χ1v) is 7.45. The molecular weight excluding hydrogens is 329 g/mol. The third-order valence-electron chi connectivity index (χ3n) is 3.74. The highest BCUT2D eigenvalue weighted by atomic mass is 19.4. The Morgan fingerprint density at radius 2 is 1.68 bits per heavy atom. The zero-order valence-electron chi connectivity index (χ0n) is 13.2. The van der Waals surface area contributed by atoms with Gasteiger partial charge >= 0.3 is 6.18 Å². The van der Waals surface area contributed by atoms with Gasteiger partial charge in [0.2, 0.25) is 0 Å². The quantitative estimate of drug-likeness (QED) is 0.627. The molecule has 0 fully saturated rings. The van der Waals surface area contributed by atoms with Gasteiger partial charge in [-0.05, 0) is 42.8 Å². The monoisotopic (exact) mass is 342 g/mol. The molecule has 0 unspecified atom stereocenters. The van der Waals surface area contributed by atoms with Gasteiger partial charge in [-0.25, -0.2) is 0 Å². The Labute approximate surface area is 142 Å². The number of Topliss-reactive ketones (excluding diaryl/α,β-unsaturated/α-hetero) is 1. The van der Waals surface area contributed by atoms with Crippen molar-refractivity contribution in [2.24, 2.45) is 0 Å². The second kappa shape index (κ2) is 6.47. The summed E-state index contributed by atoms with van der Waals surface area (Å²) < 4.78 is 38.7. The zero-order chi connectivity index (χ0) is 18.0. The standard InChI is InChI=1S/C19H13F3N2O/c1-12(25)17-10-15(11-24-18(17)13-5-7-23-8-6-13)14-3-2-4-16(9-14)19(20,21)22/h2-11H,1H3. The fraction of sp³-hybridized carbons (Fsp3) is 0.105. The van der Waals surface area contributed by atoms with E-state index in [9.17, 15) is 18.0 Å². The minimum Gasteiger partial charge on any atom is -0.294 e. The van der Waals surface area contributed by atoms with Crippen LogP contribution >= 0.6 is 0 Å². The van der Waals surface area contributed by atoms with E-state index in [0.717, 1.165) is 17.7 Å². The molecule has 3 aromatic rings. The summed E-state index contributed by atoms with van der Waals surface area (Å²) in [5.74, 6) is -0.215. The van der Waals surface area contributed by atoms with Gasteiger partial charge in [0.15, 0.2) is 5.78 Å². The number of nitrogens with zero attached hydrogens (tertiary/aromatic N) is 2. The third-order valence-corrected chi connectivity index (χ3v) is 3.74. The van der Waals surface area contributed by atoms with Gasteiger partial charge in [0.1, 0.15) is 0 Å². The average Bonchev–Trinajstić information content (AvgIpc) is 2.61. The van der Waals surface area contributed by atoms with Crippen molar-refractivity contribution < 1.29 is 18.0 Å². The lowest BCUT2D eigenvalue weighted by Crippen LogP contribution is -2.05. The second-order valence-corrected chi connectivity index (χ2v) is 5.49. The minimum absolute atomic E-state index is 0.215. The molecule has 25 heavy (non-hydrogen) atoms. The van der Waals surface area contributed by atoms with Crippen molar-refractivity contribution in [1.29, 1.82) is 0 Å². The summed E-state index contributed by atoms with van der Waals surface area (Å²) in [7, 11) is 0. The zero-order valence-corrected chi connectivity index (χ0v) is 13.2. The van der Waals surface area contributed by atoms with Gasteiger partial charge in [-0.15, -0.1) is 0 Å². The molecule has 0 radical (unpaired) electrons. The summed E-state index contributed by atoms with van der Waals surface area (Å²) in [5, 5.41) is 0. The summed E-state index contributed by atoms with van der Waals surface area (Å²) >= 11 is 0. The Morgan fingerprint density at radius 3 is 2.32 bits per heavy atom. The van der Waals surface area contributed by atoms with E-state index < -0.39 is 11.7 Å². The van der Waals surface area contributed by atoms with Gasteiger partial charge in [-0.2, -0.15) is 13.2 Å². The molecule has 0 amide bonds. The number of hydrogen-bond donors (Lipinski definition) is 0. The van der Waals surface area contributed by atoms with Crippen molar-refractivity contribution in [2.45, 2.75) is 13.1 Å². The van der Waals surface area contributed by atoms with Crippen molar-refractivity contribution in [1.82, 2.24) is 9.97 Å². The normalized spacial score (nSPS) is 11.4. The Hall–Kier alpha value is -3.02. The van der Waals surface area contributed by atoms with E-state index in [-0.39, 0.29) is 5.78 Å². The predicted octanol–water partition coefficient (Wildman–Crippen LogP) is 5.03. The Balaban J connectivity index is 2.11. The maximum Gasteiger partial charge on any atom is 0.416 e. The van der Waals surface area contributed by atoms with Crippen molar-refractivity contribution in [2.75, 3.05) is 0 Å². The maximum absolute atomic E-state index is 12.9. The summed E-state index contributed by atoms with van der Waals surface area (Å²) in [6, 6.07) is 9.96. The maximum atomic E-state index is 12.9. The molecule has 0 saturated carbocycles. The van der Waals surface area contributed by atoms with Crippen LogP contribution in [0.25, 0.3) is 22.4 Å². The van der Waals surface area contributed by atoms with Crippen LogP contribution in [0.4, 0.5) is 13.2 Å². The lowest BCUT2D eigenvalue weighted by atomic mass is 9.98. The number of pyridine rings is 2. The molecule has 1 aromatic carbocycles. The molecule has 0 N–H and O–H groups in total. The van der Waals surface area contributed by atoms with Crippen LogP contribution in [-0.2, 0) is 6.18 Å². The average molecular weight is 342 g/mol. The predicted molar refractivity (Wildman–Crippen MR) is 87.9 cm³/mol. The molecule has 3 rings (SSSR count). The molecule has 2 aromatic heterocycles. The van der Waals surface area contributed by atoms with Gasteiger partial charge in [0.05, 0.1) is 11.3 Å². The molecule has 0 saturated heterocycles. The number of carbonyl (C=O) groups is 1. The van der Waals surface area contributed by atoms with Crippen LogP contribution in [0.1, 0.15) is 22.8 Å². The van der Waals surface area contributed by atoms with Crippen LogP contribution in [0.15, 0.2) is 61.1 Å². The first-order chi connectivity index (χ1) is 11.9. The number of alkyl halides is 3. The largest absolute Gasteiger partial charge is 0.416 e. The second-order valence-electron chi connectivity index (χ2n) is 5.49. The van der Waals surface area contributed by atoms with E-state index in [2.05, 4.69) is 9.97 Å². The van der Waals surface area contributed by atoms with Crippen LogP contribution in [-0.4, -0.2) is 15.8 Å². The minimum atomic E-state index is -4.43. The molecule has 0 aliphatic rings. The van der Waals surface area contributed by atoms with Crippen LogP contribution in [0.2, 0.25) is 0 Å². The molecule has 6 heteroatoms. The van der Waals surface area contributed by atoms with E-state index in [1.165, 1.54) is 19.2 Å². The van der Waals surface area contributed by atoms with Crippen LogP contribution in [0.3, 0.4) is 0 Å². The summed E-state index contributed by atoms with van der Waals surface area (Å²) in [6.45, 7) is 1.40. The van der Waals surface area contributed by atoms with Gasteiger partial charge in [0.25, 0.3) is 0 Å². The van der Waals surface area contributed by atoms with Gasteiger partial charge in [-0.3, -0.25) is 14.8 Å². The first-order valence-electron chi connectivity index (χ1n) is 7.45. The molecule has 0 bridgehead atoms. The number of aromatic nitrogens is 2. The molecule has 0 aliphatic heterocycles. The fourth-order valence-corrected chi connectivity index (χ4v) is 2.51. The molecule has 3 nitrogen and oxygen atoms in total. The molecule has 2 heterocycles. The summed E-state index contributed by atoms with van der Waals surface area (Å²) in [5.41, 5.74) is 1.61. The molecule has 0 atom stereocenters. The van der Waals surface area contributed by atoms with Gasteiger partial charge in [-0.1, -0.05) is 12.1 Å².